The molecule has 1 aromatic carbocycles. The standard InChI is InChI=1S/C14H19FN2O2/c15-10-3-6-13(16)12(7-10)14(19)17-8-9-1-4-11(18)5-2-9/h3,6-7,9,11,18H,1-2,4-5,8,16H2,(H,17,19). The van der Waals surface area contributed by atoms with Crippen molar-refractivity contribution in [3.63, 3.8) is 0 Å². The first-order valence-electron chi connectivity index (χ1n) is 6.57. The Morgan fingerprint density at radius 3 is 2.74 bits per heavy atom. The van der Waals surface area contributed by atoms with Crippen molar-refractivity contribution in [3.8, 4) is 0 Å². The van der Waals surface area contributed by atoms with Gasteiger partial charge in [0, 0.05) is 12.2 Å². The first-order valence-corrected chi connectivity index (χ1v) is 6.57. The quantitative estimate of drug-likeness (QED) is 0.729. The Labute approximate surface area is 111 Å². The van der Waals surface area contributed by atoms with E-state index >= 15 is 0 Å². The minimum atomic E-state index is -0.472. The maximum atomic E-state index is 13.1. The molecule has 2 rings (SSSR count). The molecule has 0 spiro atoms. The Morgan fingerprint density at radius 1 is 1.37 bits per heavy atom. The van der Waals surface area contributed by atoms with Crippen LogP contribution < -0.4 is 11.1 Å². The summed E-state index contributed by atoms with van der Waals surface area (Å²) < 4.78 is 13.1. The van der Waals surface area contributed by atoms with E-state index in [9.17, 15) is 14.3 Å². The third-order valence-corrected chi connectivity index (χ3v) is 3.63. The van der Waals surface area contributed by atoms with Crippen LogP contribution >= 0.6 is 0 Å². The molecular formula is C14H19FN2O2. The molecule has 5 heteroatoms. The molecule has 4 nitrogen and oxygen atoms in total. The summed E-state index contributed by atoms with van der Waals surface area (Å²) in [6.07, 6.45) is 3.16. The Morgan fingerprint density at radius 2 is 2.05 bits per heavy atom. The van der Waals surface area contributed by atoms with Gasteiger partial charge in [-0.15, -0.1) is 0 Å². The fourth-order valence-electron chi connectivity index (χ4n) is 2.41. The molecule has 1 amide bonds. The summed E-state index contributed by atoms with van der Waals surface area (Å²) in [4.78, 5) is 11.9. The highest BCUT2D eigenvalue weighted by molar-refractivity contribution is 5.99. The van der Waals surface area contributed by atoms with Crippen molar-refractivity contribution in [1.29, 1.82) is 0 Å². The zero-order valence-electron chi connectivity index (χ0n) is 10.7. The zero-order chi connectivity index (χ0) is 13.8. The molecule has 0 atom stereocenters. The van der Waals surface area contributed by atoms with Crippen molar-refractivity contribution in [2.75, 3.05) is 12.3 Å². The first kappa shape index (κ1) is 13.8. The summed E-state index contributed by atoms with van der Waals surface area (Å²) in [5, 5.41) is 12.2. The van der Waals surface area contributed by atoms with Crippen LogP contribution in [0.15, 0.2) is 18.2 Å². The average Bonchev–Trinajstić information content (AvgIpc) is 2.40. The maximum absolute atomic E-state index is 13.1. The van der Waals surface area contributed by atoms with Gasteiger partial charge in [-0.1, -0.05) is 0 Å². The highest BCUT2D eigenvalue weighted by atomic mass is 19.1. The van der Waals surface area contributed by atoms with Gasteiger partial charge in [0.1, 0.15) is 5.82 Å². The number of rotatable bonds is 3. The first-order chi connectivity index (χ1) is 9.06. The number of nitrogen functional groups attached to an aromatic ring is 1. The second-order valence-corrected chi connectivity index (χ2v) is 5.12. The van der Waals surface area contributed by atoms with Gasteiger partial charge >= 0.3 is 0 Å². The summed E-state index contributed by atoms with van der Waals surface area (Å²) in [5.74, 6) is -0.439. The monoisotopic (exact) mass is 266 g/mol. The van der Waals surface area contributed by atoms with Gasteiger partial charge in [-0.2, -0.15) is 0 Å². The summed E-state index contributed by atoms with van der Waals surface area (Å²) >= 11 is 0. The number of carbonyl (C=O) groups excluding carboxylic acids is 1. The van der Waals surface area contributed by atoms with E-state index in [0.29, 0.717) is 12.5 Å². The van der Waals surface area contributed by atoms with E-state index in [4.69, 9.17) is 5.73 Å². The van der Waals surface area contributed by atoms with Crippen molar-refractivity contribution < 1.29 is 14.3 Å². The predicted molar refractivity (Wildman–Crippen MR) is 71.1 cm³/mol. The molecular weight excluding hydrogens is 247 g/mol. The highest BCUT2D eigenvalue weighted by Gasteiger charge is 2.20. The van der Waals surface area contributed by atoms with Crippen molar-refractivity contribution in [2.45, 2.75) is 31.8 Å². The van der Waals surface area contributed by atoms with Crippen molar-refractivity contribution in [1.82, 2.24) is 5.32 Å². The minimum absolute atomic E-state index is 0.177. The molecule has 1 aliphatic rings. The molecule has 1 aromatic rings. The van der Waals surface area contributed by atoms with Crippen LogP contribution in [0.4, 0.5) is 10.1 Å². The lowest BCUT2D eigenvalue weighted by Crippen LogP contribution is -2.32. The molecule has 0 unspecified atom stereocenters. The van der Waals surface area contributed by atoms with E-state index in [1.165, 1.54) is 12.1 Å². The average molecular weight is 266 g/mol. The van der Waals surface area contributed by atoms with Crippen molar-refractivity contribution in [3.05, 3.63) is 29.6 Å². The van der Waals surface area contributed by atoms with Gasteiger partial charge in [-0.25, -0.2) is 4.39 Å². The SMILES string of the molecule is Nc1ccc(F)cc1C(=O)NCC1CCC(O)CC1. The van der Waals surface area contributed by atoms with Crippen LogP contribution in [-0.4, -0.2) is 23.7 Å². The van der Waals surface area contributed by atoms with Crippen LogP contribution in [0.3, 0.4) is 0 Å². The van der Waals surface area contributed by atoms with Gasteiger partial charge in [0.15, 0.2) is 0 Å². The molecule has 0 heterocycles. The van der Waals surface area contributed by atoms with Crippen molar-refractivity contribution >= 4 is 11.6 Å². The van der Waals surface area contributed by atoms with Crippen molar-refractivity contribution in [2.24, 2.45) is 5.92 Å². The molecule has 0 radical (unpaired) electrons. The Kier molecular flexibility index (Phi) is 4.37. The van der Waals surface area contributed by atoms with E-state index < -0.39 is 5.82 Å². The second kappa shape index (κ2) is 6.02. The van der Waals surface area contributed by atoms with Crippen LogP contribution in [0, 0.1) is 11.7 Å². The number of halogens is 1. The van der Waals surface area contributed by atoms with Gasteiger partial charge in [-0.3, -0.25) is 4.79 Å². The minimum Gasteiger partial charge on any atom is -0.398 e. The summed E-state index contributed by atoms with van der Waals surface area (Å²) in [6.45, 7) is 0.543. The van der Waals surface area contributed by atoms with Gasteiger partial charge < -0.3 is 16.2 Å². The third-order valence-electron chi connectivity index (χ3n) is 3.63. The molecule has 0 saturated heterocycles. The van der Waals surface area contributed by atoms with Gasteiger partial charge in [-0.05, 0) is 49.8 Å². The van der Waals surface area contributed by atoms with E-state index in [2.05, 4.69) is 5.32 Å². The fourth-order valence-corrected chi connectivity index (χ4v) is 2.41. The lowest BCUT2D eigenvalue weighted by molar-refractivity contribution is 0.0910. The Balaban J connectivity index is 1.89. The Bertz CT molecular complexity index is 457. The lowest BCUT2D eigenvalue weighted by atomic mass is 9.87. The molecule has 1 fully saturated rings. The molecule has 1 saturated carbocycles. The zero-order valence-corrected chi connectivity index (χ0v) is 10.7. The number of aliphatic hydroxyl groups is 1. The van der Waals surface area contributed by atoms with Crippen LogP contribution in [0.2, 0.25) is 0 Å². The number of benzene rings is 1. The molecule has 0 bridgehead atoms. The molecule has 104 valence electrons. The number of nitrogens with two attached hydrogens (primary N) is 1. The van der Waals surface area contributed by atoms with Gasteiger partial charge in [0.25, 0.3) is 5.91 Å². The van der Waals surface area contributed by atoms with Crippen LogP contribution in [0.5, 0.6) is 0 Å². The van der Waals surface area contributed by atoms with E-state index in [1.54, 1.807) is 0 Å². The highest BCUT2D eigenvalue weighted by Crippen LogP contribution is 2.23. The number of hydrogen-bond donors (Lipinski definition) is 3. The number of hydrogen-bond acceptors (Lipinski definition) is 3. The number of nitrogens with one attached hydrogen (secondary N) is 1. The molecule has 4 N–H and O–H groups in total. The Hall–Kier alpha value is -1.62. The van der Waals surface area contributed by atoms with Crippen LogP contribution in [0.1, 0.15) is 36.0 Å². The number of carbonyl (C=O) groups is 1. The fraction of sp³-hybridized carbons (Fsp3) is 0.500. The number of aliphatic hydroxyl groups excluding tert-OH is 1. The summed E-state index contributed by atoms with van der Waals surface area (Å²) in [7, 11) is 0. The molecule has 0 aliphatic heterocycles. The van der Waals surface area contributed by atoms with E-state index in [0.717, 1.165) is 31.7 Å². The van der Waals surface area contributed by atoms with Gasteiger partial charge in [0.2, 0.25) is 0 Å². The predicted octanol–water partition coefficient (Wildman–Crippen LogP) is 1.69. The summed E-state index contributed by atoms with van der Waals surface area (Å²) in [5.41, 5.74) is 6.11. The maximum Gasteiger partial charge on any atom is 0.253 e. The topological polar surface area (TPSA) is 75.4 Å². The normalized spacial score (nSPS) is 23.1. The third kappa shape index (κ3) is 3.67. The largest absolute Gasteiger partial charge is 0.398 e. The van der Waals surface area contributed by atoms with Crippen LogP contribution in [-0.2, 0) is 0 Å². The summed E-state index contributed by atoms with van der Waals surface area (Å²) in [6, 6.07) is 3.77. The molecule has 19 heavy (non-hydrogen) atoms. The number of amides is 1. The van der Waals surface area contributed by atoms with Gasteiger partial charge in [0.05, 0.1) is 11.7 Å². The van der Waals surface area contributed by atoms with Crippen LogP contribution in [0.25, 0.3) is 0 Å². The lowest BCUT2D eigenvalue weighted by Gasteiger charge is -2.25. The second-order valence-electron chi connectivity index (χ2n) is 5.12. The molecule has 0 aromatic heterocycles. The smallest absolute Gasteiger partial charge is 0.253 e. The molecule has 1 aliphatic carbocycles. The number of anilines is 1. The van der Waals surface area contributed by atoms with E-state index in [-0.39, 0.29) is 23.3 Å². The van der Waals surface area contributed by atoms with E-state index in [1.807, 2.05) is 0 Å².